The van der Waals surface area contributed by atoms with E-state index in [1.807, 2.05) is 0 Å². The number of aryl methyl sites for hydroxylation is 2. The third kappa shape index (κ3) is 3.34. The highest BCUT2D eigenvalue weighted by Crippen LogP contribution is 2.32. The molecule has 1 fully saturated rings. The van der Waals surface area contributed by atoms with Gasteiger partial charge in [0.1, 0.15) is 0 Å². The Morgan fingerprint density at radius 1 is 1.19 bits per heavy atom. The van der Waals surface area contributed by atoms with E-state index < -0.39 is 0 Å². The molecule has 16 heavy (non-hydrogen) atoms. The second kappa shape index (κ2) is 5.01. The van der Waals surface area contributed by atoms with Gasteiger partial charge in [0.2, 0.25) is 0 Å². The highest BCUT2D eigenvalue weighted by Gasteiger charge is 2.20. The third-order valence-electron chi connectivity index (χ3n) is 3.44. The number of hydrogen-bond donors (Lipinski definition) is 1. The highest BCUT2D eigenvalue weighted by atomic mass is 14.9. The molecule has 1 aromatic carbocycles. The molecule has 0 spiro atoms. The summed E-state index contributed by atoms with van der Waals surface area (Å²) in [5, 5.41) is 3.62. The summed E-state index contributed by atoms with van der Waals surface area (Å²) < 4.78 is 0. The summed E-state index contributed by atoms with van der Waals surface area (Å²) in [6.45, 7) is 7.78. The molecule has 1 saturated carbocycles. The fourth-order valence-corrected chi connectivity index (χ4v) is 2.29. The molecule has 88 valence electrons. The SMILES string of the molecule is Cc1cc(C)cc(C(C)NCCC2CC2)c1. The van der Waals surface area contributed by atoms with E-state index in [4.69, 9.17) is 0 Å². The van der Waals surface area contributed by atoms with Crippen LogP contribution in [-0.4, -0.2) is 6.54 Å². The summed E-state index contributed by atoms with van der Waals surface area (Å²) in [5.74, 6) is 1.03. The molecule has 0 aliphatic heterocycles. The van der Waals surface area contributed by atoms with Crippen LogP contribution in [0.5, 0.6) is 0 Å². The van der Waals surface area contributed by atoms with Crippen molar-refractivity contribution in [1.29, 1.82) is 0 Å². The Morgan fingerprint density at radius 2 is 1.81 bits per heavy atom. The van der Waals surface area contributed by atoms with Crippen LogP contribution >= 0.6 is 0 Å². The van der Waals surface area contributed by atoms with Gasteiger partial charge in [-0.3, -0.25) is 0 Å². The standard InChI is InChI=1S/C15H23N/c1-11-8-12(2)10-15(9-11)13(3)16-7-6-14-4-5-14/h8-10,13-14,16H,4-7H2,1-3H3. The maximum atomic E-state index is 3.62. The van der Waals surface area contributed by atoms with E-state index >= 15 is 0 Å². The van der Waals surface area contributed by atoms with Crippen LogP contribution in [0.25, 0.3) is 0 Å². The van der Waals surface area contributed by atoms with Gasteiger partial charge in [0.25, 0.3) is 0 Å². The van der Waals surface area contributed by atoms with E-state index in [2.05, 4.69) is 44.3 Å². The molecule has 2 rings (SSSR count). The Labute approximate surface area is 99.3 Å². The van der Waals surface area contributed by atoms with Gasteiger partial charge in [-0.1, -0.05) is 42.2 Å². The topological polar surface area (TPSA) is 12.0 Å². The van der Waals surface area contributed by atoms with Gasteiger partial charge in [0.05, 0.1) is 0 Å². The summed E-state index contributed by atoms with van der Waals surface area (Å²) in [6, 6.07) is 7.31. The Balaban J connectivity index is 1.88. The van der Waals surface area contributed by atoms with Crippen LogP contribution in [0.2, 0.25) is 0 Å². The van der Waals surface area contributed by atoms with Gasteiger partial charge >= 0.3 is 0 Å². The Kier molecular flexibility index (Phi) is 3.65. The van der Waals surface area contributed by atoms with E-state index in [9.17, 15) is 0 Å². The van der Waals surface area contributed by atoms with Crippen LogP contribution in [0, 0.1) is 19.8 Å². The quantitative estimate of drug-likeness (QED) is 0.792. The van der Waals surface area contributed by atoms with Crippen LogP contribution in [-0.2, 0) is 0 Å². The molecule has 1 heteroatoms. The van der Waals surface area contributed by atoms with Crippen molar-refractivity contribution in [1.82, 2.24) is 5.32 Å². The summed E-state index contributed by atoms with van der Waals surface area (Å²) in [6.07, 6.45) is 4.27. The lowest BCUT2D eigenvalue weighted by atomic mass is 10.0. The predicted molar refractivity (Wildman–Crippen MR) is 69.7 cm³/mol. The third-order valence-corrected chi connectivity index (χ3v) is 3.44. The number of hydrogen-bond acceptors (Lipinski definition) is 1. The molecule has 1 atom stereocenters. The lowest BCUT2D eigenvalue weighted by Crippen LogP contribution is -2.20. The zero-order chi connectivity index (χ0) is 11.5. The smallest absolute Gasteiger partial charge is 0.0291 e. The molecule has 0 heterocycles. The molecule has 1 N–H and O–H groups in total. The summed E-state index contributed by atoms with van der Waals surface area (Å²) in [4.78, 5) is 0. The number of nitrogens with one attached hydrogen (secondary N) is 1. The fourth-order valence-electron chi connectivity index (χ4n) is 2.29. The second-order valence-corrected chi connectivity index (χ2v) is 5.33. The normalized spacial score (nSPS) is 17.4. The number of rotatable bonds is 5. The van der Waals surface area contributed by atoms with Crippen molar-refractivity contribution in [3.8, 4) is 0 Å². The first-order valence-corrected chi connectivity index (χ1v) is 6.47. The fraction of sp³-hybridized carbons (Fsp3) is 0.600. The van der Waals surface area contributed by atoms with Gasteiger partial charge in [0.15, 0.2) is 0 Å². The van der Waals surface area contributed by atoms with Crippen molar-refractivity contribution < 1.29 is 0 Å². The Morgan fingerprint density at radius 3 is 2.38 bits per heavy atom. The van der Waals surface area contributed by atoms with Crippen LogP contribution in [0.1, 0.15) is 48.9 Å². The van der Waals surface area contributed by atoms with Crippen molar-refractivity contribution in [2.24, 2.45) is 5.92 Å². The van der Waals surface area contributed by atoms with Crippen LogP contribution < -0.4 is 5.32 Å². The van der Waals surface area contributed by atoms with Gasteiger partial charge in [-0.2, -0.15) is 0 Å². The predicted octanol–water partition coefficient (Wildman–Crippen LogP) is 3.75. The van der Waals surface area contributed by atoms with Crippen LogP contribution in [0.15, 0.2) is 18.2 Å². The van der Waals surface area contributed by atoms with Gasteiger partial charge in [-0.05, 0) is 45.2 Å². The summed E-state index contributed by atoms with van der Waals surface area (Å²) in [5.41, 5.74) is 4.16. The van der Waals surface area contributed by atoms with Crippen molar-refractivity contribution in [2.75, 3.05) is 6.54 Å². The molecule has 1 aromatic rings. The van der Waals surface area contributed by atoms with Gasteiger partial charge in [-0.15, -0.1) is 0 Å². The van der Waals surface area contributed by atoms with Crippen molar-refractivity contribution in [3.05, 3.63) is 34.9 Å². The first-order valence-electron chi connectivity index (χ1n) is 6.47. The molecule has 1 aliphatic rings. The maximum absolute atomic E-state index is 3.62. The molecule has 0 aromatic heterocycles. The van der Waals surface area contributed by atoms with Gasteiger partial charge < -0.3 is 5.32 Å². The first kappa shape index (κ1) is 11.7. The minimum absolute atomic E-state index is 0.484. The average Bonchev–Trinajstić information content (AvgIpc) is 3.00. The minimum atomic E-state index is 0.484. The summed E-state index contributed by atoms with van der Waals surface area (Å²) >= 11 is 0. The van der Waals surface area contributed by atoms with E-state index in [0.29, 0.717) is 6.04 Å². The second-order valence-electron chi connectivity index (χ2n) is 5.33. The lowest BCUT2D eigenvalue weighted by molar-refractivity contribution is 0.539. The molecule has 1 nitrogen and oxygen atoms in total. The van der Waals surface area contributed by atoms with Crippen molar-refractivity contribution >= 4 is 0 Å². The van der Waals surface area contributed by atoms with Crippen molar-refractivity contribution in [2.45, 2.75) is 46.1 Å². The van der Waals surface area contributed by atoms with E-state index in [1.54, 1.807) is 0 Å². The molecular formula is C15H23N. The molecule has 1 aliphatic carbocycles. The monoisotopic (exact) mass is 217 g/mol. The average molecular weight is 217 g/mol. The van der Waals surface area contributed by atoms with E-state index in [-0.39, 0.29) is 0 Å². The van der Waals surface area contributed by atoms with Gasteiger partial charge in [0, 0.05) is 6.04 Å². The zero-order valence-corrected chi connectivity index (χ0v) is 10.7. The Bertz CT molecular complexity index is 332. The first-order chi connectivity index (χ1) is 7.65. The van der Waals surface area contributed by atoms with E-state index in [1.165, 1.54) is 42.5 Å². The Hall–Kier alpha value is -0.820. The number of benzene rings is 1. The molecule has 0 amide bonds. The largest absolute Gasteiger partial charge is 0.310 e. The lowest BCUT2D eigenvalue weighted by Gasteiger charge is -2.15. The zero-order valence-electron chi connectivity index (χ0n) is 10.7. The molecule has 1 unspecified atom stereocenters. The maximum Gasteiger partial charge on any atom is 0.0291 e. The van der Waals surface area contributed by atoms with Crippen LogP contribution in [0.4, 0.5) is 0 Å². The van der Waals surface area contributed by atoms with Crippen LogP contribution in [0.3, 0.4) is 0 Å². The molecule has 0 bridgehead atoms. The molecular weight excluding hydrogens is 194 g/mol. The molecule has 0 saturated heterocycles. The van der Waals surface area contributed by atoms with Gasteiger partial charge in [-0.25, -0.2) is 0 Å². The summed E-state index contributed by atoms with van der Waals surface area (Å²) in [7, 11) is 0. The molecule has 0 radical (unpaired) electrons. The van der Waals surface area contributed by atoms with E-state index in [0.717, 1.165) is 5.92 Å². The minimum Gasteiger partial charge on any atom is -0.310 e. The van der Waals surface area contributed by atoms with Crippen molar-refractivity contribution in [3.63, 3.8) is 0 Å². The highest BCUT2D eigenvalue weighted by molar-refractivity contribution is 5.30.